The van der Waals surface area contributed by atoms with Crippen LogP contribution in [0.4, 0.5) is 5.82 Å². The molecule has 1 aromatic carbocycles. The van der Waals surface area contributed by atoms with Crippen LogP contribution in [0.1, 0.15) is 5.56 Å². The number of aromatic nitrogens is 3. The van der Waals surface area contributed by atoms with Gasteiger partial charge >= 0.3 is 0 Å². The van der Waals surface area contributed by atoms with Gasteiger partial charge in [-0.3, -0.25) is 4.68 Å². The van der Waals surface area contributed by atoms with E-state index in [4.69, 9.17) is 5.73 Å². The molecule has 0 aliphatic carbocycles. The summed E-state index contributed by atoms with van der Waals surface area (Å²) in [7, 11) is 1.89. The van der Waals surface area contributed by atoms with Crippen molar-refractivity contribution in [3.8, 4) is 0 Å². The number of anilines is 1. The Bertz CT molecular complexity index is 697. The zero-order valence-corrected chi connectivity index (χ0v) is 9.23. The molecule has 2 aromatic heterocycles. The van der Waals surface area contributed by atoms with Gasteiger partial charge in [0.25, 0.3) is 0 Å². The van der Waals surface area contributed by atoms with Gasteiger partial charge in [-0.05, 0) is 18.6 Å². The maximum absolute atomic E-state index is 5.90. The molecule has 3 aromatic rings. The van der Waals surface area contributed by atoms with E-state index in [0.29, 0.717) is 5.82 Å². The predicted molar refractivity (Wildman–Crippen MR) is 65.2 cm³/mol. The highest BCUT2D eigenvalue weighted by atomic mass is 15.3. The second-order valence-corrected chi connectivity index (χ2v) is 4.03. The molecule has 16 heavy (non-hydrogen) atoms. The summed E-state index contributed by atoms with van der Waals surface area (Å²) in [5.41, 5.74) is 8.81. The van der Waals surface area contributed by atoms with Crippen LogP contribution >= 0.6 is 0 Å². The van der Waals surface area contributed by atoms with Gasteiger partial charge in [-0.2, -0.15) is 5.10 Å². The van der Waals surface area contributed by atoms with Crippen LogP contribution in [0.3, 0.4) is 0 Å². The van der Waals surface area contributed by atoms with Gasteiger partial charge in [-0.1, -0.05) is 12.1 Å². The Morgan fingerprint density at radius 3 is 2.94 bits per heavy atom. The zero-order valence-electron chi connectivity index (χ0n) is 9.23. The lowest BCUT2D eigenvalue weighted by molar-refractivity contribution is 0.780. The van der Waals surface area contributed by atoms with Crippen molar-refractivity contribution in [1.82, 2.24) is 14.8 Å². The van der Waals surface area contributed by atoms with Crippen molar-refractivity contribution in [2.24, 2.45) is 7.05 Å². The van der Waals surface area contributed by atoms with E-state index in [1.54, 1.807) is 4.68 Å². The molecule has 0 radical (unpaired) electrons. The van der Waals surface area contributed by atoms with E-state index in [2.05, 4.69) is 23.1 Å². The van der Waals surface area contributed by atoms with E-state index < -0.39 is 0 Å². The molecule has 0 atom stereocenters. The Morgan fingerprint density at radius 1 is 1.31 bits per heavy atom. The Balaban J connectivity index is 2.65. The molecule has 4 heteroatoms. The smallest absolute Gasteiger partial charge is 0.152 e. The summed E-state index contributed by atoms with van der Waals surface area (Å²) in [6, 6.07) is 6.05. The largest absolute Gasteiger partial charge is 0.382 e. The summed E-state index contributed by atoms with van der Waals surface area (Å²) in [5.74, 6) is 0.494. The minimum atomic E-state index is 0.494. The third-order valence-electron chi connectivity index (χ3n) is 2.83. The first-order valence-corrected chi connectivity index (χ1v) is 5.15. The summed E-state index contributed by atoms with van der Waals surface area (Å²) in [5, 5.41) is 6.54. The van der Waals surface area contributed by atoms with Gasteiger partial charge in [0, 0.05) is 24.0 Å². The number of hydrogen-bond donors (Lipinski definition) is 1. The lowest BCUT2D eigenvalue weighted by atomic mass is 10.1. The minimum absolute atomic E-state index is 0.494. The molecule has 0 saturated carbocycles. The number of nitrogen functional groups attached to an aromatic ring is 1. The van der Waals surface area contributed by atoms with Gasteiger partial charge in [-0.25, -0.2) is 4.98 Å². The third kappa shape index (κ3) is 1.10. The summed E-state index contributed by atoms with van der Waals surface area (Å²) >= 11 is 0. The summed E-state index contributed by atoms with van der Waals surface area (Å²) in [4.78, 5) is 4.38. The first kappa shape index (κ1) is 9.15. The third-order valence-corrected chi connectivity index (χ3v) is 2.83. The first-order chi connectivity index (χ1) is 7.66. The van der Waals surface area contributed by atoms with Gasteiger partial charge in [0.2, 0.25) is 0 Å². The molecule has 0 saturated heterocycles. The van der Waals surface area contributed by atoms with E-state index in [9.17, 15) is 0 Å². The molecule has 2 heterocycles. The molecule has 3 rings (SSSR count). The highest BCUT2D eigenvalue weighted by Crippen LogP contribution is 2.28. The molecule has 0 aliphatic rings. The lowest BCUT2D eigenvalue weighted by Gasteiger charge is -2.03. The summed E-state index contributed by atoms with van der Waals surface area (Å²) in [6.07, 6.45) is 1.99. The second-order valence-electron chi connectivity index (χ2n) is 4.03. The molecule has 0 aliphatic heterocycles. The molecule has 2 N–H and O–H groups in total. The van der Waals surface area contributed by atoms with E-state index in [1.165, 1.54) is 5.56 Å². The summed E-state index contributed by atoms with van der Waals surface area (Å²) in [6.45, 7) is 2.08. The van der Waals surface area contributed by atoms with Crippen molar-refractivity contribution in [2.45, 2.75) is 6.92 Å². The van der Waals surface area contributed by atoms with Gasteiger partial charge in [0.1, 0.15) is 5.52 Å². The van der Waals surface area contributed by atoms with Crippen LogP contribution in [0, 0.1) is 6.92 Å². The van der Waals surface area contributed by atoms with E-state index >= 15 is 0 Å². The number of fused-ring (bicyclic) bond motifs is 3. The molecular formula is C12H12N4. The zero-order chi connectivity index (χ0) is 11.3. The fourth-order valence-corrected chi connectivity index (χ4v) is 2.14. The molecule has 0 unspecified atom stereocenters. The topological polar surface area (TPSA) is 56.7 Å². The number of hydrogen-bond acceptors (Lipinski definition) is 3. The van der Waals surface area contributed by atoms with Gasteiger partial charge in [-0.15, -0.1) is 0 Å². The Labute approximate surface area is 92.7 Å². The van der Waals surface area contributed by atoms with Crippen molar-refractivity contribution in [3.63, 3.8) is 0 Å². The van der Waals surface area contributed by atoms with Crippen LogP contribution < -0.4 is 5.73 Å². The maximum Gasteiger partial charge on any atom is 0.152 e. The summed E-state index contributed by atoms with van der Waals surface area (Å²) < 4.78 is 1.77. The standard InChI is InChI=1S/C12H12N4/c1-7-4-3-5-9-10(7)8-6-16(2)15-11(8)12(13)14-9/h3-6H,1-2H3,(H2,13,14). The van der Waals surface area contributed by atoms with Gasteiger partial charge in [0.15, 0.2) is 5.82 Å². The minimum Gasteiger partial charge on any atom is -0.382 e. The Morgan fingerprint density at radius 2 is 2.12 bits per heavy atom. The SMILES string of the molecule is Cc1cccc2nc(N)c3nn(C)cc3c12. The van der Waals surface area contributed by atoms with E-state index in [-0.39, 0.29) is 0 Å². The van der Waals surface area contributed by atoms with Crippen molar-refractivity contribution >= 4 is 27.6 Å². The number of rotatable bonds is 0. The van der Waals surface area contributed by atoms with Crippen LogP contribution in [-0.2, 0) is 7.05 Å². The fourth-order valence-electron chi connectivity index (χ4n) is 2.14. The fraction of sp³-hybridized carbons (Fsp3) is 0.167. The first-order valence-electron chi connectivity index (χ1n) is 5.15. The number of benzene rings is 1. The number of aryl methyl sites for hydroxylation is 2. The van der Waals surface area contributed by atoms with Crippen LogP contribution in [0.5, 0.6) is 0 Å². The van der Waals surface area contributed by atoms with Crippen LogP contribution in [-0.4, -0.2) is 14.8 Å². The molecule has 0 bridgehead atoms. The van der Waals surface area contributed by atoms with Crippen molar-refractivity contribution in [2.75, 3.05) is 5.73 Å². The molecule has 0 fully saturated rings. The van der Waals surface area contributed by atoms with Crippen molar-refractivity contribution in [3.05, 3.63) is 30.0 Å². The monoisotopic (exact) mass is 212 g/mol. The van der Waals surface area contributed by atoms with E-state index in [1.807, 2.05) is 25.4 Å². The quantitative estimate of drug-likeness (QED) is 0.620. The maximum atomic E-state index is 5.90. The number of nitrogens with two attached hydrogens (primary N) is 1. The Hall–Kier alpha value is -2.10. The Kier molecular flexibility index (Phi) is 1.68. The number of pyridine rings is 1. The average Bonchev–Trinajstić information content (AvgIpc) is 2.60. The average molecular weight is 212 g/mol. The van der Waals surface area contributed by atoms with Crippen molar-refractivity contribution < 1.29 is 0 Å². The molecule has 0 spiro atoms. The van der Waals surface area contributed by atoms with Crippen LogP contribution in [0.2, 0.25) is 0 Å². The van der Waals surface area contributed by atoms with Crippen LogP contribution in [0.15, 0.2) is 24.4 Å². The molecule has 80 valence electrons. The van der Waals surface area contributed by atoms with Crippen LogP contribution in [0.25, 0.3) is 21.8 Å². The highest BCUT2D eigenvalue weighted by Gasteiger charge is 2.10. The van der Waals surface area contributed by atoms with Crippen molar-refractivity contribution in [1.29, 1.82) is 0 Å². The molecule has 4 nitrogen and oxygen atoms in total. The number of nitrogens with zero attached hydrogens (tertiary/aromatic N) is 3. The lowest BCUT2D eigenvalue weighted by Crippen LogP contribution is -1.94. The highest BCUT2D eigenvalue weighted by molar-refractivity contribution is 6.09. The molecule has 0 amide bonds. The predicted octanol–water partition coefficient (Wildman–Crippen LogP) is 2.01. The van der Waals surface area contributed by atoms with E-state index in [0.717, 1.165) is 21.8 Å². The normalized spacial score (nSPS) is 11.4. The molecular weight excluding hydrogens is 200 g/mol. The van der Waals surface area contributed by atoms with Gasteiger partial charge < -0.3 is 5.73 Å². The second kappa shape index (κ2) is 2.95. The van der Waals surface area contributed by atoms with Gasteiger partial charge in [0.05, 0.1) is 5.52 Å².